The van der Waals surface area contributed by atoms with E-state index in [9.17, 15) is 4.79 Å². The number of hydrogen-bond acceptors (Lipinski definition) is 1. The van der Waals surface area contributed by atoms with E-state index in [1.165, 1.54) is 0 Å². The molecule has 2 nitrogen and oxygen atoms in total. The minimum absolute atomic E-state index is 0.326. The molecule has 0 bridgehead atoms. The van der Waals surface area contributed by atoms with Gasteiger partial charge in [-0.1, -0.05) is 6.92 Å². The van der Waals surface area contributed by atoms with Crippen molar-refractivity contribution in [2.45, 2.75) is 19.3 Å². The van der Waals surface area contributed by atoms with Crippen LogP contribution in [0.25, 0.3) is 0 Å². The monoisotopic (exact) mass is 137 g/mol. The van der Waals surface area contributed by atoms with E-state index in [4.69, 9.17) is 0 Å². The molecule has 1 heterocycles. The molecule has 0 fully saturated rings. The molecule has 1 N–H and O–H groups in total. The number of aromatic amines is 1. The Morgan fingerprint density at radius 3 is 3.10 bits per heavy atom. The summed E-state index contributed by atoms with van der Waals surface area (Å²) in [5.41, 5.74) is 1.13. The standard InChI is InChI=1S/C8H11NO/c1-7(4-6-10)8-3-2-5-9-8/h2-3,5-7,9H,4H2,1H3/t7-/m1/s1. The summed E-state index contributed by atoms with van der Waals surface area (Å²) in [6.45, 7) is 2.03. The summed E-state index contributed by atoms with van der Waals surface area (Å²) in [4.78, 5) is 13.2. The highest BCUT2D eigenvalue weighted by atomic mass is 16.1. The molecule has 0 saturated carbocycles. The van der Waals surface area contributed by atoms with Crippen LogP contribution in [0.1, 0.15) is 25.0 Å². The normalized spacial score (nSPS) is 12.9. The van der Waals surface area contributed by atoms with Gasteiger partial charge in [-0.15, -0.1) is 0 Å². The molecule has 0 aliphatic heterocycles. The van der Waals surface area contributed by atoms with Gasteiger partial charge in [-0.05, 0) is 12.1 Å². The lowest BCUT2D eigenvalue weighted by Gasteiger charge is -2.02. The molecule has 0 aliphatic rings. The van der Waals surface area contributed by atoms with Crippen molar-refractivity contribution in [1.29, 1.82) is 0 Å². The van der Waals surface area contributed by atoms with Crippen LogP contribution in [-0.4, -0.2) is 11.3 Å². The van der Waals surface area contributed by atoms with E-state index in [2.05, 4.69) is 4.98 Å². The maximum atomic E-state index is 10.1. The summed E-state index contributed by atoms with van der Waals surface area (Å²) in [6.07, 6.45) is 3.42. The Labute approximate surface area is 60.3 Å². The molecule has 1 aromatic heterocycles. The van der Waals surface area contributed by atoms with E-state index < -0.39 is 0 Å². The molecule has 10 heavy (non-hydrogen) atoms. The van der Waals surface area contributed by atoms with E-state index in [1.807, 2.05) is 25.3 Å². The van der Waals surface area contributed by atoms with Crippen LogP contribution >= 0.6 is 0 Å². The fraction of sp³-hybridized carbons (Fsp3) is 0.375. The minimum Gasteiger partial charge on any atom is -0.365 e. The molecule has 0 amide bonds. The van der Waals surface area contributed by atoms with Gasteiger partial charge in [0.25, 0.3) is 0 Å². The highest BCUT2D eigenvalue weighted by Gasteiger charge is 2.03. The zero-order valence-corrected chi connectivity index (χ0v) is 6.00. The molecule has 0 radical (unpaired) electrons. The van der Waals surface area contributed by atoms with E-state index in [-0.39, 0.29) is 0 Å². The van der Waals surface area contributed by atoms with Crippen LogP contribution in [0.15, 0.2) is 18.3 Å². The van der Waals surface area contributed by atoms with Crippen LogP contribution < -0.4 is 0 Å². The first-order valence-electron chi connectivity index (χ1n) is 3.41. The molecule has 54 valence electrons. The number of nitrogens with one attached hydrogen (secondary N) is 1. The van der Waals surface area contributed by atoms with E-state index >= 15 is 0 Å². The average molecular weight is 137 g/mol. The quantitative estimate of drug-likeness (QED) is 0.632. The summed E-state index contributed by atoms with van der Waals surface area (Å²) < 4.78 is 0. The molecular weight excluding hydrogens is 126 g/mol. The lowest BCUT2D eigenvalue weighted by molar-refractivity contribution is -0.108. The van der Waals surface area contributed by atoms with Gasteiger partial charge in [-0.25, -0.2) is 0 Å². The first-order valence-corrected chi connectivity index (χ1v) is 3.41. The minimum atomic E-state index is 0.326. The fourth-order valence-corrected chi connectivity index (χ4v) is 0.922. The van der Waals surface area contributed by atoms with Crippen molar-refractivity contribution < 1.29 is 4.79 Å². The van der Waals surface area contributed by atoms with Crippen LogP contribution in [-0.2, 0) is 4.79 Å². The van der Waals surface area contributed by atoms with Crippen molar-refractivity contribution in [2.24, 2.45) is 0 Å². The molecule has 0 unspecified atom stereocenters. The Morgan fingerprint density at radius 1 is 1.80 bits per heavy atom. The van der Waals surface area contributed by atoms with Gasteiger partial charge in [0.2, 0.25) is 0 Å². The number of aromatic nitrogens is 1. The van der Waals surface area contributed by atoms with E-state index in [0.717, 1.165) is 12.0 Å². The molecule has 2 heteroatoms. The van der Waals surface area contributed by atoms with Crippen molar-refractivity contribution in [3.63, 3.8) is 0 Å². The molecule has 0 spiro atoms. The third kappa shape index (κ3) is 1.47. The van der Waals surface area contributed by atoms with Crippen LogP contribution in [0.4, 0.5) is 0 Å². The lowest BCUT2D eigenvalue weighted by Crippen LogP contribution is -1.93. The summed E-state index contributed by atoms with van der Waals surface area (Å²) in [5, 5.41) is 0. The predicted octanol–water partition coefficient (Wildman–Crippen LogP) is 1.71. The van der Waals surface area contributed by atoms with Crippen molar-refractivity contribution in [3.8, 4) is 0 Å². The second-order valence-corrected chi connectivity index (χ2v) is 2.43. The number of carbonyl (C=O) groups is 1. The highest BCUT2D eigenvalue weighted by Crippen LogP contribution is 2.14. The van der Waals surface area contributed by atoms with Gasteiger partial charge >= 0.3 is 0 Å². The Morgan fingerprint density at radius 2 is 2.60 bits per heavy atom. The molecule has 1 atom stereocenters. The Kier molecular flexibility index (Phi) is 2.26. The van der Waals surface area contributed by atoms with Gasteiger partial charge in [0, 0.05) is 24.2 Å². The second kappa shape index (κ2) is 3.20. The molecule has 1 aromatic rings. The first-order chi connectivity index (χ1) is 4.84. The first kappa shape index (κ1) is 7.06. The van der Waals surface area contributed by atoms with E-state index in [0.29, 0.717) is 12.3 Å². The van der Waals surface area contributed by atoms with Gasteiger partial charge in [0.15, 0.2) is 0 Å². The maximum absolute atomic E-state index is 10.1. The average Bonchev–Trinajstić information content (AvgIpc) is 2.38. The Bertz CT molecular complexity index is 191. The molecular formula is C8H11NO. The zero-order valence-electron chi connectivity index (χ0n) is 6.00. The van der Waals surface area contributed by atoms with Crippen LogP contribution in [0.2, 0.25) is 0 Å². The predicted molar refractivity (Wildman–Crippen MR) is 39.9 cm³/mol. The van der Waals surface area contributed by atoms with E-state index in [1.54, 1.807) is 0 Å². The zero-order chi connectivity index (χ0) is 7.40. The third-order valence-corrected chi connectivity index (χ3v) is 1.60. The van der Waals surface area contributed by atoms with Crippen molar-refractivity contribution in [2.75, 3.05) is 0 Å². The number of hydrogen-bond donors (Lipinski definition) is 1. The highest BCUT2D eigenvalue weighted by molar-refractivity contribution is 5.51. The Balaban J connectivity index is 2.58. The molecule has 0 saturated heterocycles. The third-order valence-electron chi connectivity index (χ3n) is 1.60. The lowest BCUT2D eigenvalue weighted by atomic mass is 10.1. The van der Waals surface area contributed by atoms with Gasteiger partial charge in [0.05, 0.1) is 0 Å². The number of aldehydes is 1. The fourth-order valence-electron chi connectivity index (χ4n) is 0.922. The summed E-state index contributed by atoms with van der Waals surface area (Å²) in [5.74, 6) is 0.326. The van der Waals surface area contributed by atoms with Gasteiger partial charge in [-0.2, -0.15) is 0 Å². The van der Waals surface area contributed by atoms with Crippen molar-refractivity contribution in [1.82, 2.24) is 4.98 Å². The van der Waals surface area contributed by atoms with Crippen LogP contribution in [0.3, 0.4) is 0 Å². The Hall–Kier alpha value is -1.05. The topological polar surface area (TPSA) is 32.9 Å². The SMILES string of the molecule is C[C@H](CC=O)c1ccc[nH]1. The van der Waals surface area contributed by atoms with Gasteiger partial charge in [0.1, 0.15) is 6.29 Å². The van der Waals surface area contributed by atoms with Crippen molar-refractivity contribution in [3.05, 3.63) is 24.0 Å². The molecule has 0 aromatic carbocycles. The number of H-pyrrole nitrogens is 1. The van der Waals surface area contributed by atoms with Crippen LogP contribution in [0.5, 0.6) is 0 Å². The van der Waals surface area contributed by atoms with Crippen molar-refractivity contribution >= 4 is 6.29 Å². The summed E-state index contributed by atoms with van der Waals surface area (Å²) in [6, 6.07) is 3.94. The van der Waals surface area contributed by atoms with Gasteiger partial charge < -0.3 is 9.78 Å². The van der Waals surface area contributed by atoms with Crippen LogP contribution in [0, 0.1) is 0 Å². The number of carbonyl (C=O) groups excluding carboxylic acids is 1. The van der Waals surface area contributed by atoms with Gasteiger partial charge in [-0.3, -0.25) is 0 Å². The molecule has 0 aliphatic carbocycles. The smallest absolute Gasteiger partial charge is 0.120 e. The largest absolute Gasteiger partial charge is 0.365 e. The number of rotatable bonds is 3. The second-order valence-electron chi connectivity index (χ2n) is 2.43. The molecule has 1 rings (SSSR count). The summed E-state index contributed by atoms with van der Waals surface area (Å²) >= 11 is 0. The summed E-state index contributed by atoms with van der Waals surface area (Å²) in [7, 11) is 0. The maximum Gasteiger partial charge on any atom is 0.120 e.